The summed E-state index contributed by atoms with van der Waals surface area (Å²) in [5.41, 5.74) is 4.63. The molecule has 0 aromatic heterocycles. The SMILES string of the molecule is NC(=O)N(O[N+](=O)[O-])c1cccc(F)c1. The predicted molar refractivity (Wildman–Crippen MR) is 46.5 cm³/mol. The van der Waals surface area contributed by atoms with Crippen LogP contribution in [0.2, 0.25) is 0 Å². The molecular weight excluding hydrogens is 209 g/mol. The van der Waals surface area contributed by atoms with Crippen LogP contribution in [0.15, 0.2) is 24.3 Å². The molecule has 0 fully saturated rings. The van der Waals surface area contributed by atoms with Gasteiger partial charge >= 0.3 is 11.1 Å². The average molecular weight is 215 g/mol. The van der Waals surface area contributed by atoms with E-state index in [0.29, 0.717) is 0 Å². The molecule has 1 aromatic rings. The van der Waals surface area contributed by atoms with E-state index in [2.05, 4.69) is 4.94 Å². The summed E-state index contributed by atoms with van der Waals surface area (Å²) in [4.78, 5) is 24.6. The summed E-state index contributed by atoms with van der Waals surface area (Å²) in [5, 5.41) is 8.96. The minimum absolute atomic E-state index is 0.167. The Hall–Kier alpha value is -2.38. The number of hydrogen-bond acceptors (Lipinski definition) is 4. The Balaban J connectivity index is 2.98. The molecule has 8 heteroatoms. The Labute approximate surface area is 82.9 Å². The van der Waals surface area contributed by atoms with Crippen LogP contribution < -0.4 is 10.8 Å². The van der Waals surface area contributed by atoms with Crippen molar-refractivity contribution in [2.75, 3.05) is 5.06 Å². The second-order valence-corrected chi connectivity index (χ2v) is 2.42. The molecule has 2 amide bonds. The van der Waals surface area contributed by atoms with Crippen molar-refractivity contribution in [2.24, 2.45) is 5.73 Å². The third-order valence-electron chi connectivity index (χ3n) is 1.39. The van der Waals surface area contributed by atoms with Crippen LogP contribution in [0.25, 0.3) is 0 Å². The van der Waals surface area contributed by atoms with Gasteiger partial charge in [0.2, 0.25) is 0 Å². The van der Waals surface area contributed by atoms with E-state index < -0.39 is 16.9 Å². The topological polar surface area (TPSA) is 98.7 Å². The van der Waals surface area contributed by atoms with Crippen LogP contribution >= 0.6 is 0 Å². The molecule has 2 N–H and O–H groups in total. The molecule has 0 aliphatic heterocycles. The molecule has 0 spiro atoms. The fourth-order valence-electron chi connectivity index (χ4n) is 0.884. The van der Waals surface area contributed by atoms with Gasteiger partial charge in [-0.3, -0.25) is 0 Å². The first-order valence-electron chi connectivity index (χ1n) is 3.68. The van der Waals surface area contributed by atoms with E-state index in [0.717, 1.165) is 12.1 Å². The number of nitrogens with zero attached hydrogens (tertiary/aromatic N) is 2. The van der Waals surface area contributed by atoms with Crippen molar-refractivity contribution in [2.45, 2.75) is 0 Å². The van der Waals surface area contributed by atoms with E-state index in [1.807, 2.05) is 0 Å². The van der Waals surface area contributed by atoms with Crippen LogP contribution in [-0.4, -0.2) is 11.1 Å². The first-order valence-corrected chi connectivity index (χ1v) is 3.68. The van der Waals surface area contributed by atoms with E-state index >= 15 is 0 Å². The molecule has 15 heavy (non-hydrogen) atoms. The van der Waals surface area contributed by atoms with Crippen molar-refractivity contribution in [3.8, 4) is 0 Å². The van der Waals surface area contributed by atoms with E-state index in [-0.39, 0.29) is 10.8 Å². The van der Waals surface area contributed by atoms with Gasteiger partial charge in [0.15, 0.2) is 0 Å². The summed E-state index contributed by atoms with van der Waals surface area (Å²) in [6.45, 7) is 0. The third kappa shape index (κ3) is 2.79. The van der Waals surface area contributed by atoms with Gasteiger partial charge in [-0.2, -0.15) is 4.94 Å². The summed E-state index contributed by atoms with van der Waals surface area (Å²) in [7, 11) is 0. The lowest BCUT2D eigenvalue weighted by atomic mass is 10.3. The van der Waals surface area contributed by atoms with Crippen LogP contribution in [-0.2, 0) is 4.94 Å². The monoisotopic (exact) mass is 215 g/mol. The van der Waals surface area contributed by atoms with Gasteiger partial charge in [0.25, 0.3) is 0 Å². The zero-order valence-corrected chi connectivity index (χ0v) is 7.29. The predicted octanol–water partition coefficient (Wildman–Crippen LogP) is 0.834. The molecule has 0 bridgehead atoms. The zero-order valence-electron chi connectivity index (χ0n) is 7.29. The average Bonchev–Trinajstić information content (AvgIpc) is 2.13. The molecule has 0 radical (unpaired) electrons. The number of amides is 2. The van der Waals surface area contributed by atoms with Gasteiger partial charge in [-0.1, -0.05) is 6.07 Å². The number of hydroxylamine groups is 1. The Morgan fingerprint density at radius 1 is 1.60 bits per heavy atom. The van der Waals surface area contributed by atoms with Crippen LogP contribution in [0.1, 0.15) is 0 Å². The highest BCUT2D eigenvalue weighted by Gasteiger charge is 2.17. The van der Waals surface area contributed by atoms with Crippen molar-refractivity contribution in [3.63, 3.8) is 0 Å². The number of urea groups is 1. The highest BCUT2D eigenvalue weighted by atomic mass is 19.1. The van der Waals surface area contributed by atoms with Gasteiger partial charge in [-0.15, -0.1) is 15.2 Å². The van der Waals surface area contributed by atoms with Gasteiger partial charge < -0.3 is 5.73 Å². The molecule has 0 saturated heterocycles. The normalized spacial score (nSPS) is 9.40. The second kappa shape index (κ2) is 4.22. The van der Waals surface area contributed by atoms with E-state index in [9.17, 15) is 19.3 Å². The zero-order chi connectivity index (χ0) is 11.4. The van der Waals surface area contributed by atoms with Crippen LogP contribution in [0.5, 0.6) is 0 Å². The van der Waals surface area contributed by atoms with Crippen molar-refractivity contribution >= 4 is 11.7 Å². The van der Waals surface area contributed by atoms with Gasteiger partial charge in [0, 0.05) is 0 Å². The molecule has 1 rings (SSSR count). The Kier molecular flexibility index (Phi) is 3.01. The summed E-state index contributed by atoms with van der Waals surface area (Å²) >= 11 is 0. The molecule has 0 unspecified atom stereocenters. The quantitative estimate of drug-likeness (QED) is 0.596. The molecule has 1 aromatic carbocycles. The molecule has 80 valence electrons. The molecule has 0 saturated carbocycles. The number of halogens is 1. The summed E-state index contributed by atoms with van der Waals surface area (Å²) < 4.78 is 12.7. The Morgan fingerprint density at radius 2 is 2.27 bits per heavy atom. The first-order chi connectivity index (χ1) is 7.00. The molecule has 0 aliphatic carbocycles. The smallest absolute Gasteiger partial charge is 0.343 e. The Morgan fingerprint density at radius 3 is 2.73 bits per heavy atom. The van der Waals surface area contributed by atoms with Crippen LogP contribution in [0, 0.1) is 15.9 Å². The first kappa shape index (κ1) is 10.7. The number of primary amides is 1. The van der Waals surface area contributed by atoms with Gasteiger partial charge in [-0.05, 0) is 18.2 Å². The van der Waals surface area contributed by atoms with Gasteiger partial charge in [0.05, 0.1) is 5.69 Å². The molecule has 0 atom stereocenters. The number of rotatable bonds is 3. The second-order valence-electron chi connectivity index (χ2n) is 2.42. The molecule has 0 heterocycles. The van der Waals surface area contributed by atoms with Crippen molar-refractivity contribution in [1.82, 2.24) is 0 Å². The lowest BCUT2D eigenvalue weighted by molar-refractivity contribution is -0.758. The fraction of sp³-hybridized carbons (Fsp3) is 0. The maximum atomic E-state index is 12.7. The van der Waals surface area contributed by atoms with Crippen LogP contribution in [0.4, 0.5) is 14.9 Å². The molecule has 0 aliphatic rings. The minimum Gasteiger partial charge on any atom is -0.350 e. The summed E-state index contributed by atoms with van der Waals surface area (Å²) in [6.07, 6.45) is 0. The number of carbonyl (C=O) groups is 1. The minimum atomic E-state index is -1.23. The highest BCUT2D eigenvalue weighted by molar-refractivity contribution is 5.88. The lowest BCUT2D eigenvalue weighted by Gasteiger charge is -2.15. The molecular formula is C7H6FN3O4. The third-order valence-corrected chi connectivity index (χ3v) is 1.39. The largest absolute Gasteiger partial charge is 0.350 e. The van der Waals surface area contributed by atoms with Gasteiger partial charge in [0.1, 0.15) is 5.82 Å². The fourth-order valence-corrected chi connectivity index (χ4v) is 0.884. The maximum absolute atomic E-state index is 12.7. The number of carbonyl (C=O) groups excluding carboxylic acids is 1. The lowest BCUT2D eigenvalue weighted by Crippen LogP contribution is -2.37. The number of hydrogen-bond donors (Lipinski definition) is 1. The number of anilines is 1. The number of nitrogens with two attached hydrogens (primary N) is 1. The number of benzene rings is 1. The van der Waals surface area contributed by atoms with Crippen LogP contribution in [0.3, 0.4) is 0 Å². The van der Waals surface area contributed by atoms with Crippen molar-refractivity contribution in [3.05, 3.63) is 40.2 Å². The highest BCUT2D eigenvalue weighted by Crippen LogP contribution is 2.15. The van der Waals surface area contributed by atoms with Crippen molar-refractivity contribution < 1.29 is 19.2 Å². The van der Waals surface area contributed by atoms with E-state index in [4.69, 9.17) is 5.73 Å². The van der Waals surface area contributed by atoms with E-state index in [1.54, 1.807) is 0 Å². The molecule has 7 nitrogen and oxygen atoms in total. The summed E-state index contributed by atoms with van der Waals surface area (Å²) in [5.74, 6) is -0.675. The Bertz CT molecular complexity index is 398. The summed E-state index contributed by atoms with van der Waals surface area (Å²) in [6, 6.07) is 3.24. The standard InChI is InChI=1S/C7H6FN3O4/c8-5-2-1-3-6(4-5)10(7(9)12)15-11(13)14/h1-4H,(H2,9,12). The maximum Gasteiger partial charge on any atom is 0.343 e. The van der Waals surface area contributed by atoms with E-state index in [1.165, 1.54) is 12.1 Å². The van der Waals surface area contributed by atoms with Gasteiger partial charge in [-0.25, -0.2) is 9.18 Å². The van der Waals surface area contributed by atoms with Crippen molar-refractivity contribution in [1.29, 1.82) is 0 Å².